The summed E-state index contributed by atoms with van der Waals surface area (Å²) in [6.07, 6.45) is 3.83. The number of hydrogen-bond donors (Lipinski definition) is 1. The molecular formula is C27H30N2O6S. The highest BCUT2D eigenvalue weighted by molar-refractivity contribution is 7.92. The van der Waals surface area contributed by atoms with Crippen molar-refractivity contribution in [2.45, 2.75) is 18.7 Å². The summed E-state index contributed by atoms with van der Waals surface area (Å²) in [6, 6.07) is 18.5. The van der Waals surface area contributed by atoms with Gasteiger partial charge in [-0.25, -0.2) is 8.42 Å². The Labute approximate surface area is 212 Å². The van der Waals surface area contributed by atoms with Crippen molar-refractivity contribution < 1.29 is 27.4 Å². The number of para-hydroxylation sites is 1. The molecule has 0 fully saturated rings. The molecule has 0 bridgehead atoms. The number of nitrogens with one attached hydrogen (secondary N) is 1. The van der Waals surface area contributed by atoms with Gasteiger partial charge < -0.3 is 19.5 Å². The fraction of sp³-hybridized carbons (Fsp3) is 0.222. The maximum absolute atomic E-state index is 13.4. The third kappa shape index (κ3) is 6.17. The number of anilines is 2. The van der Waals surface area contributed by atoms with Crippen LogP contribution in [0.5, 0.6) is 17.2 Å². The monoisotopic (exact) mass is 510 g/mol. The van der Waals surface area contributed by atoms with Crippen molar-refractivity contribution in [3.05, 3.63) is 78.4 Å². The number of hydrogen-bond acceptors (Lipinski definition) is 6. The summed E-state index contributed by atoms with van der Waals surface area (Å²) in [5.74, 6) is 0.728. The van der Waals surface area contributed by atoms with Gasteiger partial charge >= 0.3 is 0 Å². The van der Waals surface area contributed by atoms with Crippen molar-refractivity contribution in [1.82, 2.24) is 0 Å². The smallest absolute Gasteiger partial charge is 0.264 e. The molecule has 36 heavy (non-hydrogen) atoms. The van der Waals surface area contributed by atoms with Gasteiger partial charge in [0.2, 0.25) is 0 Å². The zero-order valence-corrected chi connectivity index (χ0v) is 21.5. The number of carbonyl (C=O) groups excluding carboxylic acids is 1. The van der Waals surface area contributed by atoms with E-state index < -0.39 is 15.9 Å². The zero-order valence-electron chi connectivity index (χ0n) is 20.7. The maximum atomic E-state index is 13.4. The molecule has 0 unspecified atom stereocenters. The second-order valence-electron chi connectivity index (χ2n) is 7.61. The summed E-state index contributed by atoms with van der Waals surface area (Å²) in [7, 11) is -0.926. The standard InChI is InChI=1S/C27H30N2O6S/c1-5-10-20-13-15-25(26(17-20)34-4)35-19-27(30)28-23-18-22(14-16-24(23)33-3)36(31,32)29(6-2)21-11-8-7-9-12-21/h5,7-18H,6,19H2,1-4H3,(H,28,30)/b10-5+. The van der Waals surface area contributed by atoms with Gasteiger partial charge in [0.1, 0.15) is 5.75 Å². The van der Waals surface area contributed by atoms with E-state index in [0.29, 0.717) is 22.9 Å². The van der Waals surface area contributed by atoms with Crippen molar-refractivity contribution in [3.8, 4) is 17.2 Å². The van der Waals surface area contributed by atoms with Crippen molar-refractivity contribution in [2.75, 3.05) is 37.0 Å². The summed E-state index contributed by atoms with van der Waals surface area (Å²) in [5, 5.41) is 2.69. The first-order valence-corrected chi connectivity index (χ1v) is 12.8. The van der Waals surface area contributed by atoms with Gasteiger partial charge in [-0.15, -0.1) is 0 Å². The molecule has 3 aromatic carbocycles. The zero-order chi connectivity index (χ0) is 26.1. The van der Waals surface area contributed by atoms with Crippen LogP contribution in [0.15, 0.2) is 77.7 Å². The second-order valence-corrected chi connectivity index (χ2v) is 9.48. The van der Waals surface area contributed by atoms with Gasteiger partial charge in [0.15, 0.2) is 18.1 Å². The summed E-state index contributed by atoms with van der Waals surface area (Å²) in [6.45, 7) is 3.60. The maximum Gasteiger partial charge on any atom is 0.264 e. The van der Waals surface area contributed by atoms with E-state index >= 15 is 0 Å². The lowest BCUT2D eigenvalue weighted by Crippen LogP contribution is -2.30. The SMILES string of the molecule is C/C=C/c1ccc(OCC(=O)Nc2cc(S(=O)(=O)N(CC)c3ccccc3)ccc2OC)c(OC)c1. The molecule has 8 nitrogen and oxygen atoms in total. The minimum Gasteiger partial charge on any atom is -0.495 e. The molecule has 1 N–H and O–H groups in total. The quantitative estimate of drug-likeness (QED) is 0.391. The van der Waals surface area contributed by atoms with Gasteiger partial charge in [0.25, 0.3) is 15.9 Å². The minimum absolute atomic E-state index is 0.0199. The molecule has 190 valence electrons. The number of allylic oxidation sites excluding steroid dienone is 1. The molecule has 1 amide bonds. The Morgan fingerprint density at radius 3 is 2.28 bits per heavy atom. The molecule has 0 saturated heterocycles. The lowest BCUT2D eigenvalue weighted by molar-refractivity contribution is -0.118. The van der Waals surface area contributed by atoms with Gasteiger partial charge in [-0.1, -0.05) is 36.4 Å². The van der Waals surface area contributed by atoms with Crippen LogP contribution in [0, 0.1) is 0 Å². The Morgan fingerprint density at radius 2 is 1.64 bits per heavy atom. The number of carbonyl (C=O) groups is 1. The molecule has 3 aromatic rings. The lowest BCUT2D eigenvalue weighted by atomic mass is 10.2. The molecule has 0 aliphatic carbocycles. The van der Waals surface area contributed by atoms with Crippen LogP contribution in [0.25, 0.3) is 6.08 Å². The molecule has 0 heterocycles. The van der Waals surface area contributed by atoms with E-state index in [1.165, 1.54) is 36.7 Å². The van der Waals surface area contributed by atoms with Crippen molar-refractivity contribution >= 4 is 33.4 Å². The van der Waals surface area contributed by atoms with Crippen molar-refractivity contribution in [3.63, 3.8) is 0 Å². The van der Waals surface area contributed by atoms with Crippen LogP contribution in [-0.2, 0) is 14.8 Å². The Kier molecular flexibility index (Phi) is 8.97. The largest absolute Gasteiger partial charge is 0.495 e. The lowest BCUT2D eigenvalue weighted by Gasteiger charge is -2.23. The van der Waals surface area contributed by atoms with Crippen molar-refractivity contribution in [1.29, 1.82) is 0 Å². The van der Waals surface area contributed by atoms with Crippen molar-refractivity contribution in [2.24, 2.45) is 0 Å². The first kappa shape index (κ1) is 26.6. The van der Waals surface area contributed by atoms with Gasteiger partial charge in [-0.05, 0) is 61.9 Å². The average molecular weight is 511 g/mol. The number of benzene rings is 3. The van der Waals surface area contributed by atoms with E-state index in [9.17, 15) is 13.2 Å². The average Bonchev–Trinajstić information content (AvgIpc) is 2.88. The summed E-state index contributed by atoms with van der Waals surface area (Å²) < 4.78 is 44.4. The minimum atomic E-state index is -3.89. The van der Waals surface area contributed by atoms with E-state index in [-0.39, 0.29) is 23.7 Å². The molecular weight excluding hydrogens is 480 g/mol. The van der Waals surface area contributed by atoms with E-state index in [2.05, 4.69) is 5.32 Å². The first-order chi connectivity index (χ1) is 17.3. The Hall–Kier alpha value is -3.98. The van der Waals surface area contributed by atoms with Crippen LogP contribution in [-0.4, -0.2) is 41.7 Å². The Morgan fingerprint density at radius 1 is 0.944 bits per heavy atom. The van der Waals surface area contributed by atoms with Crippen LogP contribution >= 0.6 is 0 Å². The number of rotatable bonds is 11. The number of ether oxygens (including phenoxy) is 3. The predicted molar refractivity (Wildman–Crippen MR) is 141 cm³/mol. The van der Waals surface area contributed by atoms with Gasteiger partial charge in [-0.2, -0.15) is 0 Å². The third-order valence-electron chi connectivity index (χ3n) is 5.27. The van der Waals surface area contributed by atoms with Crippen LogP contribution in [0.4, 0.5) is 11.4 Å². The van der Waals surface area contributed by atoms with Crippen LogP contribution in [0.1, 0.15) is 19.4 Å². The van der Waals surface area contributed by atoms with Crippen LogP contribution < -0.4 is 23.8 Å². The van der Waals surface area contributed by atoms with E-state index in [1.807, 2.05) is 31.2 Å². The molecule has 9 heteroatoms. The molecule has 0 saturated carbocycles. The molecule has 0 spiro atoms. The highest BCUT2D eigenvalue weighted by atomic mass is 32.2. The number of sulfonamides is 1. The topological polar surface area (TPSA) is 94.2 Å². The fourth-order valence-corrected chi connectivity index (χ4v) is 5.09. The molecule has 0 aliphatic rings. The Bertz CT molecular complexity index is 1320. The third-order valence-corrected chi connectivity index (χ3v) is 7.17. The first-order valence-electron chi connectivity index (χ1n) is 11.3. The molecule has 3 rings (SSSR count). The summed E-state index contributed by atoms with van der Waals surface area (Å²) in [4.78, 5) is 12.7. The molecule has 0 atom stereocenters. The summed E-state index contributed by atoms with van der Waals surface area (Å²) in [5.41, 5.74) is 1.70. The van der Waals surface area contributed by atoms with E-state index in [0.717, 1.165) is 5.56 Å². The highest BCUT2D eigenvalue weighted by Crippen LogP contribution is 2.31. The van der Waals surface area contributed by atoms with Gasteiger partial charge in [0.05, 0.1) is 30.5 Å². The number of methoxy groups -OCH3 is 2. The number of amides is 1. The Balaban J connectivity index is 1.80. The number of nitrogens with zero attached hydrogens (tertiary/aromatic N) is 1. The molecule has 0 radical (unpaired) electrons. The summed E-state index contributed by atoms with van der Waals surface area (Å²) >= 11 is 0. The normalized spacial score (nSPS) is 11.2. The highest BCUT2D eigenvalue weighted by Gasteiger charge is 2.25. The molecule has 0 aliphatic heterocycles. The van der Waals surface area contributed by atoms with E-state index in [4.69, 9.17) is 14.2 Å². The van der Waals surface area contributed by atoms with Crippen LogP contribution in [0.2, 0.25) is 0 Å². The second kappa shape index (κ2) is 12.1. The van der Waals surface area contributed by atoms with E-state index in [1.54, 1.807) is 43.3 Å². The molecule has 0 aromatic heterocycles. The van der Waals surface area contributed by atoms with Gasteiger partial charge in [-0.3, -0.25) is 9.10 Å². The predicted octanol–water partition coefficient (Wildman–Crippen LogP) is 4.97. The van der Waals surface area contributed by atoms with Gasteiger partial charge in [0, 0.05) is 6.54 Å². The fourth-order valence-electron chi connectivity index (χ4n) is 3.59. The van der Waals surface area contributed by atoms with Crippen LogP contribution in [0.3, 0.4) is 0 Å².